The lowest BCUT2D eigenvalue weighted by molar-refractivity contribution is -0.0438. The van der Waals surface area contributed by atoms with Gasteiger partial charge in [-0.3, -0.25) is 0 Å². The summed E-state index contributed by atoms with van der Waals surface area (Å²) in [6, 6.07) is 12.0. The number of nitrogens with zero attached hydrogens (tertiary/aromatic N) is 4. The number of ether oxygens (including phenoxy) is 1. The van der Waals surface area contributed by atoms with Crippen LogP contribution in [0.4, 0.5) is 5.69 Å². The van der Waals surface area contributed by atoms with Gasteiger partial charge >= 0.3 is 7.12 Å². The minimum Gasteiger partial charge on any atom is -0.497 e. The fourth-order valence-electron chi connectivity index (χ4n) is 6.15. The Bertz CT molecular complexity index is 1440. The molecule has 1 aliphatic heterocycles. The monoisotopic (exact) mass is 483 g/mol. The standard InChI is InChI=1S/C27H30BN5O3/c1-17(2)27-10-5-9-26(27,3)35-28(36-27)21-14-20(24(15-25(21)34-4)33-12-6-11-31-33)18-7-8-19-22(29)16-30-32-23(19)13-18/h6-8,11-17H,5,9-10H2,1-4H3,(H2,29,32)/t26-,27-/m0/s1. The third kappa shape index (κ3) is 3.33. The first kappa shape index (κ1) is 23.0. The van der Waals surface area contributed by atoms with Crippen molar-refractivity contribution in [1.29, 1.82) is 0 Å². The van der Waals surface area contributed by atoms with Crippen molar-refractivity contribution in [2.45, 2.75) is 51.2 Å². The predicted octanol–water partition coefficient (Wildman–Crippen LogP) is 4.15. The number of nitrogen functional groups attached to an aromatic ring is 1. The molecule has 0 amide bonds. The summed E-state index contributed by atoms with van der Waals surface area (Å²) in [5.74, 6) is 1.02. The number of nitrogens with two attached hydrogens (primary N) is 1. The van der Waals surface area contributed by atoms with Gasteiger partial charge in [-0.25, -0.2) is 4.68 Å². The van der Waals surface area contributed by atoms with Gasteiger partial charge in [-0.15, -0.1) is 0 Å². The van der Waals surface area contributed by atoms with Crippen LogP contribution in [0, 0.1) is 5.92 Å². The number of aromatic nitrogens is 4. The molecule has 8 nitrogen and oxygen atoms in total. The quantitative estimate of drug-likeness (QED) is 0.426. The van der Waals surface area contributed by atoms with Gasteiger partial charge in [0.05, 0.1) is 41.4 Å². The molecule has 2 fully saturated rings. The van der Waals surface area contributed by atoms with E-state index >= 15 is 0 Å². The van der Waals surface area contributed by atoms with Gasteiger partial charge in [-0.1, -0.05) is 19.9 Å². The molecule has 2 atom stereocenters. The van der Waals surface area contributed by atoms with Crippen LogP contribution in [0.2, 0.25) is 0 Å². The summed E-state index contributed by atoms with van der Waals surface area (Å²) in [4.78, 5) is 0. The maximum atomic E-state index is 6.81. The van der Waals surface area contributed by atoms with Crippen LogP contribution < -0.4 is 15.9 Å². The molecular formula is C27H30BN5O3. The highest BCUT2D eigenvalue weighted by molar-refractivity contribution is 6.63. The van der Waals surface area contributed by atoms with Gasteiger partial charge in [0, 0.05) is 34.9 Å². The zero-order chi connectivity index (χ0) is 25.1. The second-order valence-electron chi connectivity index (χ2n) is 10.3. The molecule has 2 aromatic heterocycles. The average molecular weight is 483 g/mol. The van der Waals surface area contributed by atoms with Gasteiger partial charge < -0.3 is 19.8 Å². The maximum absolute atomic E-state index is 6.81. The van der Waals surface area contributed by atoms with Crippen molar-refractivity contribution in [2.24, 2.45) is 5.92 Å². The number of hydrogen-bond donors (Lipinski definition) is 1. The third-order valence-electron chi connectivity index (χ3n) is 8.05. The van der Waals surface area contributed by atoms with Crippen molar-refractivity contribution >= 4 is 29.2 Å². The molecule has 3 heterocycles. The summed E-state index contributed by atoms with van der Waals surface area (Å²) in [7, 11) is 1.14. The Kier molecular flexibility index (Phi) is 5.31. The van der Waals surface area contributed by atoms with Crippen LogP contribution in [0.1, 0.15) is 40.0 Å². The number of fused-ring (bicyclic) bond motifs is 2. The summed E-state index contributed by atoms with van der Waals surface area (Å²) < 4.78 is 21.2. The summed E-state index contributed by atoms with van der Waals surface area (Å²) >= 11 is 0. The van der Waals surface area contributed by atoms with Gasteiger partial charge in [-0.05, 0) is 61.9 Å². The molecule has 0 bridgehead atoms. The zero-order valence-electron chi connectivity index (χ0n) is 21.1. The predicted molar refractivity (Wildman–Crippen MR) is 140 cm³/mol. The lowest BCUT2D eigenvalue weighted by Crippen LogP contribution is -2.49. The van der Waals surface area contributed by atoms with Crippen LogP contribution in [0.5, 0.6) is 5.75 Å². The van der Waals surface area contributed by atoms with E-state index in [-0.39, 0.29) is 11.2 Å². The maximum Gasteiger partial charge on any atom is 0.498 e. The van der Waals surface area contributed by atoms with Crippen molar-refractivity contribution < 1.29 is 14.0 Å². The molecule has 1 saturated carbocycles. The minimum atomic E-state index is -0.533. The molecule has 2 aromatic carbocycles. The van der Waals surface area contributed by atoms with Crippen molar-refractivity contribution in [2.75, 3.05) is 12.8 Å². The van der Waals surface area contributed by atoms with Crippen LogP contribution in [-0.2, 0) is 9.31 Å². The summed E-state index contributed by atoms with van der Waals surface area (Å²) in [6.45, 7) is 6.64. The Morgan fingerprint density at radius 1 is 1.17 bits per heavy atom. The van der Waals surface area contributed by atoms with Crippen LogP contribution in [0.25, 0.3) is 27.7 Å². The summed E-state index contributed by atoms with van der Waals surface area (Å²) in [6.07, 6.45) is 8.31. The Balaban J connectivity index is 1.53. The molecule has 1 aliphatic carbocycles. The van der Waals surface area contributed by atoms with Crippen LogP contribution >= 0.6 is 0 Å². The topological polar surface area (TPSA) is 97.3 Å². The first-order valence-electron chi connectivity index (χ1n) is 12.4. The number of benzene rings is 2. The minimum absolute atomic E-state index is 0.320. The fourth-order valence-corrected chi connectivity index (χ4v) is 6.15. The van der Waals surface area contributed by atoms with Crippen LogP contribution in [0.3, 0.4) is 0 Å². The van der Waals surface area contributed by atoms with Crippen molar-refractivity contribution in [3.63, 3.8) is 0 Å². The zero-order valence-corrected chi connectivity index (χ0v) is 21.1. The van der Waals surface area contributed by atoms with Crippen LogP contribution in [0.15, 0.2) is 55.0 Å². The van der Waals surface area contributed by atoms with E-state index in [9.17, 15) is 0 Å². The van der Waals surface area contributed by atoms with E-state index in [0.717, 1.165) is 52.4 Å². The molecule has 0 unspecified atom stereocenters. The molecule has 6 rings (SSSR count). The third-order valence-corrected chi connectivity index (χ3v) is 8.05. The highest BCUT2D eigenvalue weighted by Crippen LogP contribution is 2.53. The number of hydrogen-bond acceptors (Lipinski definition) is 7. The van der Waals surface area contributed by atoms with Crippen molar-refractivity contribution in [1.82, 2.24) is 20.0 Å². The molecule has 0 radical (unpaired) electrons. The lowest BCUT2D eigenvalue weighted by Gasteiger charge is -2.39. The highest BCUT2D eigenvalue weighted by atomic mass is 16.7. The van der Waals surface area contributed by atoms with E-state index < -0.39 is 7.12 Å². The Morgan fingerprint density at radius 2 is 2.03 bits per heavy atom. The second-order valence-corrected chi connectivity index (χ2v) is 10.3. The van der Waals surface area contributed by atoms with E-state index in [1.165, 1.54) is 0 Å². The average Bonchev–Trinajstić information content (AvgIpc) is 3.57. The van der Waals surface area contributed by atoms with Crippen molar-refractivity contribution in [3.8, 4) is 22.6 Å². The molecule has 4 aromatic rings. The first-order chi connectivity index (χ1) is 17.3. The van der Waals surface area contributed by atoms with Gasteiger partial charge in [0.15, 0.2) is 0 Å². The fraction of sp³-hybridized carbons (Fsp3) is 0.370. The Morgan fingerprint density at radius 3 is 2.75 bits per heavy atom. The van der Waals surface area contributed by atoms with E-state index in [1.807, 2.05) is 41.2 Å². The van der Waals surface area contributed by atoms with Gasteiger partial charge in [0.2, 0.25) is 0 Å². The summed E-state index contributed by atoms with van der Waals surface area (Å²) in [5.41, 5.74) is 10.4. The van der Waals surface area contributed by atoms with Gasteiger partial charge in [0.25, 0.3) is 0 Å². The molecule has 2 aliphatic rings. The molecule has 2 N–H and O–H groups in total. The van der Waals surface area contributed by atoms with E-state index in [2.05, 4.69) is 42.1 Å². The summed E-state index contributed by atoms with van der Waals surface area (Å²) in [5, 5.41) is 13.7. The number of rotatable bonds is 5. The van der Waals surface area contributed by atoms with Gasteiger partial charge in [-0.2, -0.15) is 15.3 Å². The smallest absolute Gasteiger partial charge is 0.497 e. The SMILES string of the molecule is COc1cc(-n2cccn2)c(-c2ccc3c(N)cnnc3c2)cc1B1O[C@]2(C(C)C)CCC[C@]2(C)O1. The molecule has 184 valence electrons. The Labute approximate surface area is 210 Å². The molecule has 9 heteroatoms. The van der Waals surface area contributed by atoms with Gasteiger partial charge in [0.1, 0.15) is 5.75 Å². The van der Waals surface area contributed by atoms with Crippen molar-refractivity contribution in [3.05, 3.63) is 55.0 Å². The molecule has 1 saturated heterocycles. The number of methoxy groups -OCH3 is 1. The van der Waals surface area contributed by atoms with E-state index in [0.29, 0.717) is 17.4 Å². The first-order valence-corrected chi connectivity index (χ1v) is 12.4. The molecule has 0 spiro atoms. The second kappa shape index (κ2) is 8.32. The lowest BCUT2D eigenvalue weighted by atomic mass is 9.76. The number of anilines is 1. The normalized spacial score (nSPS) is 23.5. The van der Waals surface area contributed by atoms with Crippen LogP contribution in [-0.4, -0.2) is 45.4 Å². The van der Waals surface area contributed by atoms with E-state index in [1.54, 1.807) is 19.5 Å². The highest BCUT2D eigenvalue weighted by Gasteiger charge is 2.63. The largest absolute Gasteiger partial charge is 0.498 e. The molecular weight excluding hydrogens is 453 g/mol. The molecule has 36 heavy (non-hydrogen) atoms. The Hall–Kier alpha value is -3.43. The van der Waals surface area contributed by atoms with E-state index in [4.69, 9.17) is 19.8 Å².